The Bertz CT molecular complexity index is 594. The maximum Gasteiger partial charge on any atom is 0.366 e. The lowest BCUT2D eigenvalue weighted by atomic mass is 9.87. The number of rotatable bonds is 4. The van der Waals surface area contributed by atoms with Crippen molar-refractivity contribution in [2.45, 2.75) is 25.8 Å². The molecule has 2 rings (SSSR count). The standard InChI is InChI=1S/C14H14N2O4/c1-9(17)12(18)15-14(10(2)16-20-13(14)19)8-11-6-4-3-5-7-11/h3-7H,8H2,1-2H3,(H,15,18). The van der Waals surface area contributed by atoms with E-state index in [-0.39, 0.29) is 6.42 Å². The minimum atomic E-state index is -1.41. The van der Waals surface area contributed by atoms with Gasteiger partial charge in [-0.05, 0) is 12.5 Å². The van der Waals surface area contributed by atoms with Gasteiger partial charge in [0.2, 0.25) is 5.78 Å². The summed E-state index contributed by atoms with van der Waals surface area (Å²) < 4.78 is 0. The molecule has 1 aromatic rings. The van der Waals surface area contributed by atoms with Crippen LogP contribution in [-0.2, 0) is 25.6 Å². The van der Waals surface area contributed by atoms with Gasteiger partial charge < -0.3 is 10.2 Å². The third-order valence-corrected chi connectivity index (χ3v) is 3.19. The van der Waals surface area contributed by atoms with Crippen LogP contribution in [0.5, 0.6) is 0 Å². The number of benzene rings is 1. The number of hydrogen-bond acceptors (Lipinski definition) is 5. The van der Waals surface area contributed by atoms with Gasteiger partial charge >= 0.3 is 5.97 Å². The summed E-state index contributed by atoms with van der Waals surface area (Å²) in [5.41, 5.74) is -0.268. The Morgan fingerprint density at radius 3 is 2.45 bits per heavy atom. The first-order valence-corrected chi connectivity index (χ1v) is 6.09. The zero-order valence-corrected chi connectivity index (χ0v) is 11.2. The van der Waals surface area contributed by atoms with E-state index in [0.29, 0.717) is 5.71 Å². The Labute approximate surface area is 115 Å². The van der Waals surface area contributed by atoms with E-state index in [1.54, 1.807) is 6.92 Å². The van der Waals surface area contributed by atoms with Crippen LogP contribution in [0.1, 0.15) is 19.4 Å². The van der Waals surface area contributed by atoms with Crippen LogP contribution >= 0.6 is 0 Å². The molecule has 0 aliphatic carbocycles. The number of nitrogens with zero attached hydrogens (tertiary/aromatic N) is 1. The highest BCUT2D eigenvalue weighted by Crippen LogP contribution is 2.23. The van der Waals surface area contributed by atoms with Crippen molar-refractivity contribution >= 4 is 23.4 Å². The molecule has 1 atom stereocenters. The topological polar surface area (TPSA) is 84.8 Å². The first-order valence-electron chi connectivity index (χ1n) is 6.09. The molecule has 1 aliphatic rings. The van der Waals surface area contributed by atoms with Crippen LogP contribution in [0.3, 0.4) is 0 Å². The molecule has 1 heterocycles. The molecule has 20 heavy (non-hydrogen) atoms. The number of carbonyl (C=O) groups is 3. The summed E-state index contributed by atoms with van der Waals surface area (Å²) in [6.07, 6.45) is 0.182. The average molecular weight is 274 g/mol. The highest BCUT2D eigenvalue weighted by atomic mass is 16.7. The molecule has 0 aromatic heterocycles. The molecule has 1 N–H and O–H groups in total. The molecule has 0 spiro atoms. The Morgan fingerprint density at radius 2 is 1.95 bits per heavy atom. The Morgan fingerprint density at radius 1 is 1.30 bits per heavy atom. The smallest absolute Gasteiger partial charge is 0.329 e. The highest BCUT2D eigenvalue weighted by molar-refractivity contribution is 6.36. The minimum absolute atomic E-state index is 0.182. The van der Waals surface area contributed by atoms with Gasteiger partial charge in [-0.25, -0.2) is 4.79 Å². The molecule has 0 fully saturated rings. The van der Waals surface area contributed by atoms with Gasteiger partial charge in [0.1, 0.15) is 0 Å². The largest absolute Gasteiger partial charge is 0.366 e. The number of nitrogens with one attached hydrogen (secondary N) is 1. The fraction of sp³-hybridized carbons (Fsp3) is 0.286. The van der Waals surface area contributed by atoms with Crippen LogP contribution in [0.15, 0.2) is 35.5 Å². The van der Waals surface area contributed by atoms with Gasteiger partial charge in [-0.3, -0.25) is 9.59 Å². The molecular weight excluding hydrogens is 260 g/mol. The summed E-state index contributed by atoms with van der Waals surface area (Å²) in [5, 5.41) is 6.07. The molecule has 1 aromatic carbocycles. The van der Waals surface area contributed by atoms with Crippen molar-refractivity contribution in [1.82, 2.24) is 5.32 Å². The van der Waals surface area contributed by atoms with E-state index in [1.165, 1.54) is 0 Å². The Kier molecular flexibility index (Phi) is 3.65. The van der Waals surface area contributed by atoms with Gasteiger partial charge in [0, 0.05) is 13.3 Å². The van der Waals surface area contributed by atoms with Crippen LogP contribution in [0.2, 0.25) is 0 Å². The quantitative estimate of drug-likeness (QED) is 0.644. The molecule has 6 heteroatoms. The molecule has 0 saturated carbocycles. The summed E-state index contributed by atoms with van der Waals surface area (Å²) in [6.45, 7) is 2.71. The molecule has 1 aliphatic heterocycles. The normalized spacial score (nSPS) is 21.1. The molecule has 1 amide bonds. The third-order valence-electron chi connectivity index (χ3n) is 3.19. The predicted molar refractivity (Wildman–Crippen MR) is 70.9 cm³/mol. The van der Waals surface area contributed by atoms with Crippen molar-refractivity contribution in [3.05, 3.63) is 35.9 Å². The zero-order valence-electron chi connectivity index (χ0n) is 11.2. The van der Waals surface area contributed by atoms with Crippen LogP contribution in [0.4, 0.5) is 0 Å². The SMILES string of the molecule is CC(=O)C(=O)NC1(Cc2ccccc2)C(=O)ON=C1C. The van der Waals surface area contributed by atoms with Crippen LogP contribution in [-0.4, -0.2) is 28.9 Å². The molecule has 0 bridgehead atoms. The molecular formula is C14H14N2O4. The van der Waals surface area contributed by atoms with E-state index < -0.39 is 23.2 Å². The molecule has 1 unspecified atom stereocenters. The van der Waals surface area contributed by atoms with Crippen molar-refractivity contribution in [1.29, 1.82) is 0 Å². The maximum atomic E-state index is 12.0. The predicted octanol–water partition coefficient (Wildman–Crippen LogP) is 0.606. The Balaban J connectivity index is 2.35. The van der Waals surface area contributed by atoms with Crippen LogP contribution in [0, 0.1) is 0 Å². The lowest BCUT2D eigenvalue weighted by molar-refractivity contribution is -0.148. The first kappa shape index (κ1) is 13.9. The van der Waals surface area contributed by atoms with E-state index in [1.807, 2.05) is 30.3 Å². The van der Waals surface area contributed by atoms with Crippen LogP contribution in [0.25, 0.3) is 0 Å². The second-order valence-electron chi connectivity index (χ2n) is 4.63. The van der Waals surface area contributed by atoms with E-state index in [0.717, 1.165) is 12.5 Å². The molecule has 104 valence electrons. The number of oxime groups is 1. The van der Waals surface area contributed by atoms with E-state index in [2.05, 4.69) is 15.3 Å². The van der Waals surface area contributed by atoms with Gasteiger partial charge in [0.25, 0.3) is 5.91 Å². The van der Waals surface area contributed by atoms with Gasteiger partial charge in [-0.15, -0.1) is 0 Å². The minimum Gasteiger partial charge on any atom is -0.329 e. The summed E-state index contributed by atoms with van der Waals surface area (Å²) in [4.78, 5) is 39.5. The van der Waals surface area contributed by atoms with Crippen molar-refractivity contribution in [2.24, 2.45) is 5.16 Å². The fourth-order valence-electron chi connectivity index (χ4n) is 1.98. The van der Waals surface area contributed by atoms with E-state index in [4.69, 9.17) is 0 Å². The molecule has 0 radical (unpaired) electrons. The van der Waals surface area contributed by atoms with Crippen molar-refractivity contribution < 1.29 is 19.2 Å². The van der Waals surface area contributed by atoms with Crippen molar-refractivity contribution in [3.63, 3.8) is 0 Å². The van der Waals surface area contributed by atoms with Crippen molar-refractivity contribution in [3.8, 4) is 0 Å². The van der Waals surface area contributed by atoms with E-state index >= 15 is 0 Å². The number of Topliss-reactive ketones (excluding diaryl/α,β-unsaturated/α-hetero) is 1. The fourth-order valence-corrected chi connectivity index (χ4v) is 1.98. The van der Waals surface area contributed by atoms with Crippen molar-refractivity contribution in [2.75, 3.05) is 0 Å². The summed E-state index contributed by atoms with van der Waals surface area (Å²) in [6, 6.07) is 9.13. The number of amides is 1. The molecule has 0 saturated heterocycles. The second-order valence-corrected chi connectivity index (χ2v) is 4.63. The summed E-state index contributed by atoms with van der Waals surface area (Å²) >= 11 is 0. The van der Waals surface area contributed by atoms with Crippen LogP contribution < -0.4 is 5.32 Å². The Hall–Kier alpha value is -2.50. The maximum absolute atomic E-state index is 12.0. The lowest BCUT2D eigenvalue weighted by Gasteiger charge is -2.26. The van der Waals surface area contributed by atoms with Gasteiger partial charge in [-0.2, -0.15) is 0 Å². The zero-order chi connectivity index (χ0) is 14.8. The van der Waals surface area contributed by atoms with Gasteiger partial charge in [0.05, 0.1) is 5.71 Å². The first-order chi connectivity index (χ1) is 9.45. The number of ketones is 1. The summed E-state index contributed by atoms with van der Waals surface area (Å²) in [7, 11) is 0. The lowest BCUT2D eigenvalue weighted by Crippen LogP contribution is -2.59. The van der Waals surface area contributed by atoms with Gasteiger partial charge in [0.15, 0.2) is 5.54 Å². The number of hydrogen-bond donors (Lipinski definition) is 1. The molecule has 6 nitrogen and oxygen atoms in total. The monoisotopic (exact) mass is 274 g/mol. The second kappa shape index (κ2) is 5.24. The summed E-state index contributed by atoms with van der Waals surface area (Å²) in [5.74, 6) is -2.20. The highest BCUT2D eigenvalue weighted by Gasteiger charge is 2.49. The van der Waals surface area contributed by atoms with Gasteiger partial charge in [-0.1, -0.05) is 35.5 Å². The van der Waals surface area contributed by atoms with E-state index in [9.17, 15) is 14.4 Å². The third kappa shape index (κ3) is 2.45. The number of carbonyl (C=O) groups excluding carboxylic acids is 3. The average Bonchev–Trinajstić information content (AvgIpc) is 2.68.